The lowest BCUT2D eigenvalue weighted by Gasteiger charge is -2.35. The van der Waals surface area contributed by atoms with E-state index in [9.17, 15) is 4.79 Å². The third kappa shape index (κ3) is 6.37. The number of nitrogens with one attached hydrogen (secondary N) is 1. The van der Waals surface area contributed by atoms with Crippen molar-refractivity contribution in [2.75, 3.05) is 53.7 Å². The van der Waals surface area contributed by atoms with Crippen LogP contribution in [0, 0.1) is 5.92 Å². The number of methoxy groups -OCH3 is 2. The van der Waals surface area contributed by atoms with E-state index in [0.29, 0.717) is 49.3 Å². The monoisotopic (exact) mass is 442 g/mol. The van der Waals surface area contributed by atoms with Gasteiger partial charge in [0.15, 0.2) is 11.5 Å². The summed E-state index contributed by atoms with van der Waals surface area (Å²) in [5.41, 5.74) is 1.66. The average molecular weight is 443 g/mol. The van der Waals surface area contributed by atoms with Crippen molar-refractivity contribution in [3.63, 3.8) is 0 Å². The number of morpholine rings is 1. The van der Waals surface area contributed by atoms with Gasteiger partial charge < -0.3 is 24.3 Å². The molecule has 2 aromatic rings. The molecule has 0 radical (unpaired) electrons. The molecule has 1 amide bonds. The molecule has 0 aromatic heterocycles. The topological polar surface area (TPSA) is 69.3 Å². The SMILES string of the molecule is COc1ccc(C(CNC(=O)c2ccc(OCC(C)C)cc2)N2CCOCC2)cc1OC. The summed E-state index contributed by atoms with van der Waals surface area (Å²) in [4.78, 5) is 15.2. The molecule has 1 saturated heterocycles. The zero-order valence-corrected chi connectivity index (χ0v) is 19.4. The van der Waals surface area contributed by atoms with Crippen LogP contribution in [0.2, 0.25) is 0 Å². The van der Waals surface area contributed by atoms with Crippen LogP contribution in [0.1, 0.15) is 35.8 Å². The first-order valence-corrected chi connectivity index (χ1v) is 11.1. The quantitative estimate of drug-likeness (QED) is 0.607. The van der Waals surface area contributed by atoms with Gasteiger partial charge in [-0.15, -0.1) is 0 Å². The molecule has 1 aliphatic rings. The van der Waals surface area contributed by atoms with Gasteiger partial charge in [0.05, 0.1) is 40.1 Å². The number of nitrogens with zero attached hydrogens (tertiary/aromatic N) is 1. The minimum atomic E-state index is -0.112. The maximum Gasteiger partial charge on any atom is 0.251 e. The number of hydrogen-bond acceptors (Lipinski definition) is 6. The zero-order valence-electron chi connectivity index (χ0n) is 19.4. The summed E-state index contributed by atoms with van der Waals surface area (Å²) in [6, 6.07) is 13.2. The van der Waals surface area contributed by atoms with Crippen molar-refractivity contribution < 1.29 is 23.7 Å². The zero-order chi connectivity index (χ0) is 22.9. The van der Waals surface area contributed by atoms with E-state index in [1.807, 2.05) is 30.3 Å². The Morgan fingerprint density at radius 1 is 1.03 bits per heavy atom. The van der Waals surface area contributed by atoms with Gasteiger partial charge in [0.1, 0.15) is 5.75 Å². The molecule has 32 heavy (non-hydrogen) atoms. The lowest BCUT2D eigenvalue weighted by atomic mass is 10.0. The Morgan fingerprint density at radius 2 is 1.72 bits per heavy atom. The molecule has 1 unspecified atom stereocenters. The van der Waals surface area contributed by atoms with E-state index in [1.54, 1.807) is 26.4 Å². The average Bonchev–Trinajstić information content (AvgIpc) is 2.83. The van der Waals surface area contributed by atoms with Crippen molar-refractivity contribution in [1.29, 1.82) is 0 Å². The van der Waals surface area contributed by atoms with Crippen LogP contribution >= 0.6 is 0 Å². The molecule has 2 aromatic carbocycles. The second-order valence-corrected chi connectivity index (χ2v) is 8.22. The van der Waals surface area contributed by atoms with Gasteiger partial charge in [-0.2, -0.15) is 0 Å². The summed E-state index contributed by atoms with van der Waals surface area (Å²) in [7, 11) is 3.25. The largest absolute Gasteiger partial charge is 0.493 e. The van der Waals surface area contributed by atoms with Gasteiger partial charge in [-0.3, -0.25) is 9.69 Å². The van der Waals surface area contributed by atoms with Gasteiger partial charge in [-0.05, 0) is 47.9 Å². The van der Waals surface area contributed by atoms with E-state index in [-0.39, 0.29) is 11.9 Å². The molecule has 3 rings (SSSR count). The molecule has 0 saturated carbocycles. The minimum absolute atomic E-state index is 0.00342. The van der Waals surface area contributed by atoms with Crippen molar-refractivity contribution >= 4 is 5.91 Å². The summed E-state index contributed by atoms with van der Waals surface area (Å²) in [6.45, 7) is 8.28. The highest BCUT2D eigenvalue weighted by Gasteiger charge is 2.24. The minimum Gasteiger partial charge on any atom is -0.493 e. The van der Waals surface area contributed by atoms with Gasteiger partial charge in [-0.25, -0.2) is 0 Å². The van der Waals surface area contributed by atoms with Crippen molar-refractivity contribution in [1.82, 2.24) is 10.2 Å². The van der Waals surface area contributed by atoms with Crippen LogP contribution < -0.4 is 19.5 Å². The van der Waals surface area contributed by atoms with Crippen LogP contribution in [-0.2, 0) is 4.74 Å². The summed E-state index contributed by atoms with van der Waals surface area (Å²) < 4.78 is 22.1. The number of ether oxygens (including phenoxy) is 4. The van der Waals surface area contributed by atoms with Crippen molar-refractivity contribution in [3.05, 3.63) is 53.6 Å². The Kier molecular flexibility index (Phi) is 8.76. The fourth-order valence-corrected chi connectivity index (χ4v) is 3.66. The Labute approximate surface area is 190 Å². The number of benzene rings is 2. The highest BCUT2D eigenvalue weighted by Crippen LogP contribution is 2.32. The summed E-state index contributed by atoms with van der Waals surface area (Å²) in [6.07, 6.45) is 0. The first-order chi connectivity index (χ1) is 15.5. The number of carbonyl (C=O) groups is 1. The number of rotatable bonds is 10. The maximum absolute atomic E-state index is 12.8. The molecule has 1 aliphatic heterocycles. The molecule has 0 spiro atoms. The molecule has 1 heterocycles. The third-order valence-electron chi connectivity index (χ3n) is 5.43. The molecule has 1 N–H and O–H groups in total. The van der Waals surface area contributed by atoms with Gasteiger partial charge in [-0.1, -0.05) is 19.9 Å². The van der Waals surface area contributed by atoms with Crippen LogP contribution in [0.3, 0.4) is 0 Å². The Morgan fingerprint density at radius 3 is 2.34 bits per heavy atom. The molecule has 1 atom stereocenters. The first-order valence-electron chi connectivity index (χ1n) is 11.1. The fourth-order valence-electron chi connectivity index (χ4n) is 3.66. The lowest BCUT2D eigenvalue weighted by molar-refractivity contribution is 0.0162. The third-order valence-corrected chi connectivity index (χ3v) is 5.43. The van der Waals surface area contributed by atoms with E-state index in [0.717, 1.165) is 24.4 Å². The number of carbonyl (C=O) groups excluding carboxylic acids is 1. The molecule has 174 valence electrons. The van der Waals surface area contributed by atoms with E-state index < -0.39 is 0 Å². The highest BCUT2D eigenvalue weighted by molar-refractivity contribution is 5.94. The predicted octanol–water partition coefficient (Wildman–Crippen LogP) is 3.54. The number of hydrogen-bond donors (Lipinski definition) is 1. The van der Waals surface area contributed by atoms with E-state index in [4.69, 9.17) is 18.9 Å². The van der Waals surface area contributed by atoms with Crippen LogP contribution in [-0.4, -0.2) is 64.5 Å². The van der Waals surface area contributed by atoms with Crippen LogP contribution in [0.15, 0.2) is 42.5 Å². The van der Waals surface area contributed by atoms with Crippen molar-refractivity contribution in [2.24, 2.45) is 5.92 Å². The molecule has 0 aliphatic carbocycles. The Balaban J connectivity index is 1.70. The van der Waals surface area contributed by atoms with Crippen LogP contribution in [0.4, 0.5) is 0 Å². The Hall–Kier alpha value is -2.77. The molecule has 0 bridgehead atoms. The van der Waals surface area contributed by atoms with Crippen molar-refractivity contribution in [2.45, 2.75) is 19.9 Å². The van der Waals surface area contributed by atoms with E-state index >= 15 is 0 Å². The summed E-state index contributed by atoms with van der Waals surface area (Å²) in [5.74, 6) is 2.46. The standard InChI is InChI=1S/C25H34N2O5/c1-18(2)17-32-21-8-5-19(6-9-21)25(28)26-16-22(27-11-13-31-14-12-27)20-7-10-23(29-3)24(15-20)30-4/h5-10,15,18,22H,11-14,16-17H2,1-4H3,(H,26,28). The second kappa shape index (κ2) is 11.7. The first kappa shape index (κ1) is 23.9. The smallest absolute Gasteiger partial charge is 0.251 e. The van der Waals surface area contributed by atoms with Gasteiger partial charge >= 0.3 is 0 Å². The fraction of sp³-hybridized carbons (Fsp3) is 0.480. The van der Waals surface area contributed by atoms with Gasteiger partial charge in [0, 0.05) is 25.2 Å². The van der Waals surface area contributed by atoms with Gasteiger partial charge in [0.25, 0.3) is 5.91 Å². The molecule has 7 nitrogen and oxygen atoms in total. The van der Waals surface area contributed by atoms with Crippen LogP contribution in [0.25, 0.3) is 0 Å². The molecule has 1 fully saturated rings. The highest BCUT2D eigenvalue weighted by atomic mass is 16.5. The maximum atomic E-state index is 12.8. The molecular weight excluding hydrogens is 408 g/mol. The molecular formula is C25H34N2O5. The van der Waals surface area contributed by atoms with Crippen LogP contribution in [0.5, 0.6) is 17.2 Å². The molecule has 7 heteroatoms. The summed E-state index contributed by atoms with van der Waals surface area (Å²) in [5, 5.41) is 3.10. The lowest BCUT2D eigenvalue weighted by Crippen LogP contribution is -2.43. The van der Waals surface area contributed by atoms with E-state index in [2.05, 4.69) is 24.1 Å². The number of amides is 1. The van der Waals surface area contributed by atoms with Gasteiger partial charge in [0.2, 0.25) is 0 Å². The van der Waals surface area contributed by atoms with Crippen molar-refractivity contribution in [3.8, 4) is 17.2 Å². The Bertz CT molecular complexity index is 863. The predicted molar refractivity (Wildman–Crippen MR) is 124 cm³/mol. The summed E-state index contributed by atoms with van der Waals surface area (Å²) >= 11 is 0. The normalized spacial score (nSPS) is 15.3. The van der Waals surface area contributed by atoms with E-state index in [1.165, 1.54) is 0 Å². The second-order valence-electron chi connectivity index (χ2n) is 8.22.